The van der Waals surface area contributed by atoms with Gasteiger partial charge in [0, 0.05) is 30.7 Å². The van der Waals surface area contributed by atoms with E-state index in [9.17, 15) is 0 Å². The Bertz CT molecular complexity index is 485. The first-order chi connectivity index (χ1) is 9.15. The van der Waals surface area contributed by atoms with Gasteiger partial charge in [0.05, 0.1) is 19.3 Å². The molecule has 0 spiro atoms. The van der Waals surface area contributed by atoms with Crippen LogP contribution in [0.1, 0.15) is 31.5 Å². The van der Waals surface area contributed by atoms with E-state index in [0.717, 1.165) is 34.7 Å². The van der Waals surface area contributed by atoms with Crippen molar-refractivity contribution in [1.29, 1.82) is 0 Å². The van der Waals surface area contributed by atoms with Crippen molar-refractivity contribution in [2.45, 2.75) is 31.8 Å². The van der Waals surface area contributed by atoms with Crippen molar-refractivity contribution in [3.8, 4) is 0 Å². The van der Waals surface area contributed by atoms with Crippen LogP contribution in [0.2, 0.25) is 0 Å². The fraction of sp³-hybridized carbons (Fsp3) is 0.786. The summed E-state index contributed by atoms with van der Waals surface area (Å²) in [5.74, 6) is 2.49. The maximum Gasteiger partial charge on any atom is 0.123 e. The highest BCUT2D eigenvalue weighted by atomic mass is 127. The van der Waals surface area contributed by atoms with Crippen molar-refractivity contribution in [3.63, 3.8) is 0 Å². The van der Waals surface area contributed by atoms with Gasteiger partial charge < -0.3 is 4.74 Å². The van der Waals surface area contributed by atoms with Crippen LogP contribution in [0.15, 0.2) is 6.07 Å². The molecule has 4 nitrogen and oxygen atoms in total. The number of ether oxygens (including phenoxy) is 1. The molecule has 3 heterocycles. The predicted octanol–water partition coefficient (Wildman–Crippen LogP) is 2.11. The van der Waals surface area contributed by atoms with Gasteiger partial charge in [0.1, 0.15) is 3.70 Å². The second-order valence-electron chi connectivity index (χ2n) is 6.43. The third-order valence-corrected chi connectivity index (χ3v) is 5.45. The molecule has 0 radical (unpaired) electrons. The minimum absolute atomic E-state index is 0.468. The van der Waals surface area contributed by atoms with Gasteiger partial charge in [-0.05, 0) is 54.3 Å². The van der Waals surface area contributed by atoms with E-state index in [-0.39, 0.29) is 0 Å². The summed E-state index contributed by atoms with van der Waals surface area (Å²) < 4.78 is 8.68. The molecule has 1 aromatic heterocycles. The first kappa shape index (κ1) is 12.6. The lowest BCUT2D eigenvalue weighted by Gasteiger charge is -2.35. The topological polar surface area (TPSA) is 30.3 Å². The summed E-state index contributed by atoms with van der Waals surface area (Å²) in [6.07, 6.45) is 0. The van der Waals surface area contributed by atoms with Gasteiger partial charge in [0.2, 0.25) is 0 Å². The number of likely N-dealkylation sites (tertiary alicyclic amines) is 1. The fourth-order valence-electron chi connectivity index (χ4n) is 3.77. The van der Waals surface area contributed by atoms with Crippen molar-refractivity contribution >= 4 is 22.6 Å². The van der Waals surface area contributed by atoms with Crippen molar-refractivity contribution in [2.24, 2.45) is 11.8 Å². The number of piperidine rings is 1. The minimum Gasteiger partial charge on any atom is -0.378 e. The highest BCUT2D eigenvalue weighted by Gasteiger charge is 2.58. The van der Waals surface area contributed by atoms with Gasteiger partial charge in [0.25, 0.3) is 0 Å². The number of hydrogen-bond acceptors (Lipinski definition) is 3. The zero-order valence-electron chi connectivity index (χ0n) is 11.4. The molecule has 5 heteroatoms. The Morgan fingerprint density at radius 1 is 1.32 bits per heavy atom. The number of fused-ring (bicyclic) bond motifs is 1. The molecular formula is C14H20IN3O. The van der Waals surface area contributed by atoms with Crippen LogP contribution in [-0.4, -0.2) is 47.0 Å². The van der Waals surface area contributed by atoms with E-state index in [0.29, 0.717) is 12.1 Å². The van der Waals surface area contributed by atoms with E-state index < -0.39 is 0 Å². The molecule has 0 bridgehead atoms. The largest absolute Gasteiger partial charge is 0.378 e. The summed E-state index contributed by atoms with van der Waals surface area (Å²) in [7, 11) is 0. The molecule has 1 aromatic rings. The summed E-state index contributed by atoms with van der Waals surface area (Å²) in [5, 5.41) is 4.65. The van der Waals surface area contributed by atoms with Crippen LogP contribution in [0, 0.1) is 15.5 Å². The third-order valence-electron chi connectivity index (χ3n) is 4.92. The van der Waals surface area contributed by atoms with Crippen LogP contribution in [-0.2, 0) is 4.74 Å². The lowest BCUT2D eigenvalue weighted by molar-refractivity contribution is -0.0610. The van der Waals surface area contributed by atoms with E-state index in [1.54, 1.807) is 0 Å². The standard InChI is InChI=1S/C14H20IN3O/c1-8(2)18-12(3-13(15)16-18)14-10-4-17(5-11(10)14)9-6-19-7-9/h3,8-11,14H,4-7H2,1-2H3/t10-,11+,14+. The van der Waals surface area contributed by atoms with E-state index in [1.807, 2.05) is 0 Å². The van der Waals surface area contributed by atoms with Crippen molar-refractivity contribution in [3.05, 3.63) is 15.5 Å². The summed E-state index contributed by atoms with van der Waals surface area (Å²) >= 11 is 2.34. The number of aromatic nitrogens is 2. The van der Waals surface area contributed by atoms with E-state index in [2.05, 4.69) is 57.2 Å². The molecule has 2 saturated heterocycles. The van der Waals surface area contributed by atoms with E-state index in [1.165, 1.54) is 18.8 Å². The van der Waals surface area contributed by atoms with Gasteiger partial charge in [-0.2, -0.15) is 5.10 Å². The first-order valence-corrected chi connectivity index (χ1v) is 8.29. The van der Waals surface area contributed by atoms with Gasteiger partial charge in [0.15, 0.2) is 0 Å². The Morgan fingerprint density at radius 3 is 2.53 bits per heavy atom. The number of nitrogens with zero attached hydrogens (tertiary/aromatic N) is 3. The Morgan fingerprint density at radius 2 is 2.00 bits per heavy atom. The quantitative estimate of drug-likeness (QED) is 0.761. The van der Waals surface area contributed by atoms with E-state index in [4.69, 9.17) is 4.74 Å². The van der Waals surface area contributed by atoms with Crippen molar-refractivity contribution in [2.75, 3.05) is 26.3 Å². The van der Waals surface area contributed by atoms with E-state index >= 15 is 0 Å². The highest BCUT2D eigenvalue weighted by Crippen LogP contribution is 2.59. The van der Waals surface area contributed by atoms with Gasteiger partial charge in [-0.15, -0.1) is 0 Å². The summed E-state index contributed by atoms with van der Waals surface area (Å²) in [6, 6.07) is 3.47. The summed E-state index contributed by atoms with van der Waals surface area (Å²) in [4.78, 5) is 2.64. The molecule has 3 fully saturated rings. The normalized spacial score (nSPS) is 34.6. The van der Waals surface area contributed by atoms with Crippen molar-refractivity contribution < 1.29 is 4.74 Å². The molecule has 0 aromatic carbocycles. The first-order valence-electron chi connectivity index (χ1n) is 7.22. The minimum atomic E-state index is 0.468. The Hall–Kier alpha value is -0.140. The predicted molar refractivity (Wildman–Crippen MR) is 81.2 cm³/mol. The molecule has 3 aliphatic rings. The number of halogens is 1. The zero-order chi connectivity index (χ0) is 13.1. The van der Waals surface area contributed by atoms with Crippen molar-refractivity contribution in [1.82, 2.24) is 14.7 Å². The Labute approximate surface area is 127 Å². The second kappa shape index (κ2) is 4.43. The Kier molecular flexibility index (Phi) is 2.93. The van der Waals surface area contributed by atoms with Crippen LogP contribution >= 0.6 is 22.6 Å². The van der Waals surface area contributed by atoms with Gasteiger partial charge in [-0.25, -0.2) is 0 Å². The SMILES string of the molecule is CC(C)n1nc(I)cc1[C@H]1[C@@H]2CN(C3COC3)C[C@@H]21. The Balaban J connectivity index is 1.49. The molecule has 104 valence electrons. The molecule has 4 rings (SSSR count). The fourth-order valence-corrected chi connectivity index (χ4v) is 4.32. The van der Waals surface area contributed by atoms with Crippen LogP contribution in [0.5, 0.6) is 0 Å². The lowest BCUT2D eigenvalue weighted by atomic mass is 10.1. The average Bonchev–Trinajstić information content (AvgIpc) is 2.68. The smallest absolute Gasteiger partial charge is 0.123 e. The molecule has 0 amide bonds. The van der Waals surface area contributed by atoms with Gasteiger partial charge in [-0.1, -0.05) is 0 Å². The molecular weight excluding hydrogens is 353 g/mol. The molecule has 3 atom stereocenters. The van der Waals surface area contributed by atoms with Gasteiger partial charge >= 0.3 is 0 Å². The van der Waals surface area contributed by atoms with Crippen LogP contribution in [0.25, 0.3) is 0 Å². The third kappa shape index (κ3) is 1.96. The maximum absolute atomic E-state index is 5.31. The van der Waals surface area contributed by atoms with Crippen LogP contribution < -0.4 is 0 Å². The molecule has 1 aliphatic carbocycles. The van der Waals surface area contributed by atoms with Crippen LogP contribution in [0.3, 0.4) is 0 Å². The molecule has 0 N–H and O–H groups in total. The number of rotatable bonds is 3. The molecule has 19 heavy (non-hydrogen) atoms. The average molecular weight is 373 g/mol. The monoisotopic (exact) mass is 373 g/mol. The molecule has 1 saturated carbocycles. The lowest BCUT2D eigenvalue weighted by Crippen LogP contribution is -2.48. The second-order valence-corrected chi connectivity index (χ2v) is 7.53. The van der Waals surface area contributed by atoms with Crippen LogP contribution in [0.4, 0.5) is 0 Å². The number of hydrogen-bond donors (Lipinski definition) is 0. The zero-order valence-corrected chi connectivity index (χ0v) is 13.6. The van der Waals surface area contributed by atoms with Gasteiger partial charge in [-0.3, -0.25) is 9.58 Å². The molecule has 0 unspecified atom stereocenters. The maximum atomic E-state index is 5.31. The summed E-state index contributed by atoms with van der Waals surface area (Å²) in [5.41, 5.74) is 1.47. The highest BCUT2D eigenvalue weighted by molar-refractivity contribution is 14.1. The molecule has 2 aliphatic heterocycles. The summed E-state index contributed by atoms with van der Waals surface area (Å²) in [6.45, 7) is 8.88.